The molecular weight excluding hydrogens is 353 g/mol. The Balaban J connectivity index is 1.57. The van der Waals surface area contributed by atoms with E-state index in [0.717, 1.165) is 32.7 Å². The van der Waals surface area contributed by atoms with E-state index >= 15 is 0 Å². The molecule has 28 heavy (non-hydrogen) atoms. The van der Waals surface area contributed by atoms with Crippen LogP contribution in [0.5, 0.6) is 0 Å². The highest BCUT2D eigenvalue weighted by Crippen LogP contribution is 2.21. The van der Waals surface area contributed by atoms with Crippen molar-refractivity contribution in [1.82, 2.24) is 15.1 Å². The summed E-state index contributed by atoms with van der Waals surface area (Å²) in [6, 6.07) is 17.2. The van der Waals surface area contributed by atoms with E-state index in [2.05, 4.69) is 34.2 Å². The summed E-state index contributed by atoms with van der Waals surface area (Å²) in [4.78, 5) is 17.3. The summed E-state index contributed by atoms with van der Waals surface area (Å²) in [6.45, 7) is 7.96. The maximum Gasteiger partial charge on any atom is 0.220 e. The fourth-order valence-corrected chi connectivity index (χ4v) is 3.77. The highest BCUT2D eigenvalue weighted by Gasteiger charge is 2.24. The van der Waals surface area contributed by atoms with Gasteiger partial charge in [-0.3, -0.25) is 9.69 Å². The third-order valence-corrected chi connectivity index (χ3v) is 5.55. The lowest BCUT2D eigenvalue weighted by Crippen LogP contribution is -2.49. The van der Waals surface area contributed by atoms with Gasteiger partial charge >= 0.3 is 0 Å². The molecule has 0 radical (unpaired) electrons. The smallest absolute Gasteiger partial charge is 0.220 e. The van der Waals surface area contributed by atoms with Crippen molar-refractivity contribution >= 4 is 5.91 Å². The van der Waals surface area contributed by atoms with E-state index in [1.54, 1.807) is 18.2 Å². The summed E-state index contributed by atoms with van der Waals surface area (Å²) in [5.74, 6) is -0.275. The Kier molecular flexibility index (Phi) is 7.57. The molecule has 150 valence electrons. The number of likely N-dealkylation sites (N-methyl/N-ethyl adjacent to an activating group) is 1. The second-order valence-corrected chi connectivity index (χ2v) is 7.29. The van der Waals surface area contributed by atoms with E-state index in [1.165, 1.54) is 11.6 Å². The molecule has 1 unspecified atom stereocenters. The number of piperazine rings is 1. The Morgan fingerprint density at radius 2 is 1.71 bits per heavy atom. The molecule has 3 rings (SSSR count). The Labute approximate surface area is 167 Å². The maximum absolute atomic E-state index is 13.7. The third-order valence-electron chi connectivity index (χ3n) is 5.55. The number of benzene rings is 2. The van der Waals surface area contributed by atoms with Gasteiger partial charge in [-0.05, 0) is 30.2 Å². The number of aryl methyl sites for hydroxylation is 1. The zero-order chi connectivity index (χ0) is 19.8. The summed E-state index contributed by atoms with van der Waals surface area (Å²) in [5, 5.41) is 3.08. The van der Waals surface area contributed by atoms with Gasteiger partial charge in [0.15, 0.2) is 0 Å². The molecule has 2 aromatic carbocycles. The molecule has 1 aliphatic heterocycles. The second kappa shape index (κ2) is 10.3. The van der Waals surface area contributed by atoms with Crippen molar-refractivity contribution in [2.24, 2.45) is 0 Å². The van der Waals surface area contributed by atoms with E-state index in [-0.39, 0.29) is 17.8 Å². The monoisotopic (exact) mass is 383 g/mol. The van der Waals surface area contributed by atoms with Gasteiger partial charge < -0.3 is 10.2 Å². The van der Waals surface area contributed by atoms with Gasteiger partial charge in [0.2, 0.25) is 5.91 Å². The van der Waals surface area contributed by atoms with Gasteiger partial charge in [-0.1, -0.05) is 55.5 Å². The van der Waals surface area contributed by atoms with Gasteiger partial charge in [0.1, 0.15) is 5.82 Å². The van der Waals surface area contributed by atoms with Crippen LogP contribution in [0.25, 0.3) is 0 Å². The number of nitrogens with one attached hydrogen (secondary N) is 1. The van der Waals surface area contributed by atoms with Gasteiger partial charge in [-0.2, -0.15) is 0 Å². The Hall–Kier alpha value is -2.24. The molecule has 1 heterocycles. The van der Waals surface area contributed by atoms with Crippen LogP contribution in [0.3, 0.4) is 0 Å². The molecular formula is C23H30FN3O. The minimum absolute atomic E-state index is 0.0311. The van der Waals surface area contributed by atoms with Crippen LogP contribution in [0, 0.1) is 5.82 Å². The topological polar surface area (TPSA) is 35.6 Å². The Morgan fingerprint density at radius 3 is 2.39 bits per heavy atom. The van der Waals surface area contributed by atoms with Crippen molar-refractivity contribution in [1.29, 1.82) is 0 Å². The number of rotatable bonds is 8. The van der Waals surface area contributed by atoms with Crippen LogP contribution in [0.15, 0.2) is 54.6 Å². The lowest BCUT2D eigenvalue weighted by Gasteiger charge is -2.39. The average molecular weight is 384 g/mol. The molecule has 1 saturated heterocycles. The highest BCUT2D eigenvalue weighted by atomic mass is 19.1. The first kappa shape index (κ1) is 20.5. The molecule has 1 amide bonds. The SMILES string of the molecule is CCN1CCN(C(CNC(=O)CCc2ccccc2F)c2ccccc2)CC1. The molecule has 0 aromatic heterocycles. The van der Waals surface area contributed by atoms with E-state index in [0.29, 0.717) is 24.9 Å². The molecule has 1 aliphatic rings. The van der Waals surface area contributed by atoms with Crippen LogP contribution in [0.2, 0.25) is 0 Å². The molecule has 1 N–H and O–H groups in total. The first-order valence-electron chi connectivity index (χ1n) is 10.2. The zero-order valence-corrected chi connectivity index (χ0v) is 16.6. The fourth-order valence-electron chi connectivity index (χ4n) is 3.77. The number of amides is 1. The largest absolute Gasteiger partial charge is 0.354 e. The number of hydrogen-bond donors (Lipinski definition) is 1. The Morgan fingerprint density at radius 1 is 1.04 bits per heavy atom. The highest BCUT2D eigenvalue weighted by molar-refractivity contribution is 5.76. The van der Waals surface area contributed by atoms with Gasteiger partial charge in [-0.15, -0.1) is 0 Å². The van der Waals surface area contributed by atoms with Crippen LogP contribution in [-0.4, -0.2) is 55.0 Å². The second-order valence-electron chi connectivity index (χ2n) is 7.29. The molecule has 0 bridgehead atoms. The van der Waals surface area contributed by atoms with Crippen molar-refractivity contribution in [3.8, 4) is 0 Å². The quantitative estimate of drug-likeness (QED) is 0.760. The zero-order valence-electron chi connectivity index (χ0n) is 16.6. The van der Waals surface area contributed by atoms with Gasteiger partial charge in [0, 0.05) is 39.1 Å². The summed E-state index contributed by atoms with van der Waals surface area (Å²) >= 11 is 0. The molecule has 2 aromatic rings. The van der Waals surface area contributed by atoms with Crippen molar-refractivity contribution in [3.63, 3.8) is 0 Å². The van der Waals surface area contributed by atoms with Crippen LogP contribution < -0.4 is 5.32 Å². The molecule has 1 atom stereocenters. The fraction of sp³-hybridized carbons (Fsp3) is 0.435. The normalized spacial score (nSPS) is 16.6. The van der Waals surface area contributed by atoms with Gasteiger partial charge in [-0.25, -0.2) is 4.39 Å². The van der Waals surface area contributed by atoms with E-state index < -0.39 is 0 Å². The van der Waals surface area contributed by atoms with E-state index in [1.807, 2.05) is 18.2 Å². The summed E-state index contributed by atoms with van der Waals surface area (Å²) in [5.41, 5.74) is 1.81. The standard InChI is InChI=1S/C23H30FN3O/c1-2-26-14-16-27(17-15-26)22(20-9-4-3-5-10-20)18-25-23(28)13-12-19-8-6-7-11-21(19)24/h3-11,22H,2,12-18H2,1H3,(H,25,28). The average Bonchev–Trinajstić information content (AvgIpc) is 2.74. The summed E-state index contributed by atoms with van der Waals surface area (Å²) in [7, 11) is 0. The number of nitrogens with zero attached hydrogens (tertiary/aromatic N) is 2. The first-order chi connectivity index (χ1) is 13.7. The number of carbonyl (C=O) groups excluding carboxylic acids is 1. The lowest BCUT2D eigenvalue weighted by atomic mass is 10.0. The van der Waals surface area contributed by atoms with Crippen molar-refractivity contribution < 1.29 is 9.18 Å². The molecule has 0 spiro atoms. The number of hydrogen-bond acceptors (Lipinski definition) is 3. The predicted octanol–water partition coefficient (Wildman–Crippen LogP) is 3.25. The summed E-state index contributed by atoms with van der Waals surface area (Å²) in [6.07, 6.45) is 0.718. The van der Waals surface area contributed by atoms with Crippen LogP contribution in [0.4, 0.5) is 4.39 Å². The molecule has 0 aliphatic carbocycles. The van der Waals surface area contributed by atoms with Crippen molar-refractivity contribution in [3.05, 3.63) is 71.5 Å². The molecule has 1 fully saturated rings. The minimum atomic E-state index is -0.244. The molecule has 5 heteroatoms. The minimum Gasteiger partial charge on any atom is -0.354 e. The number of carbonyl (C=O) groups is 1. The third kappa shape index (κ3) is 5.63. The van der Waals surface area contributed by atoms with Gasteiger partial charge in [0.25, 0.3) is 0 Å². The van der Waals surface area contributed by atoms with Crippen LogP contribution in [0.1, 0.15) is 30.5 Å². The Bertz CT molecular complexity index is 745. The van der Waals surface area contributed by atoms with Crippen LogP contribution in [-0.2, 0) is 11.2 Å². The maximum atomic E-state index is 13.7. The first-order valence-corrected chi connectivity index (χ1v) is 10.2. The van der Waals surface area contributed by atoms with Crippen molar-refractivity contribution in [2.45, 2.75) is 25.8 Å². The molecule has 0 saturated carbocycles. The van der Waals surface area contributed by atoms with Crippen molar-refractivity contribution in [2.75, 3.05) is 39.3 Å². The van der Waals surface area contributed by atoms with E-state index in [9.17, 15) is 9.18 Å². The lowest BCUT2D eigenvalue weighted by molar-refractivity contribution is -0.121. The van der Waals surface area contributed by atoms with E-state index in [4.69, 9.17) is 0 Å². The number of halogens is 1. The predicted molar refractivity (Wildman–Crippen MR) is 111 cm³/mol. The summed E-state index contributed by atoms with van der Waals surface area (Å²) < 4.78 is 13.7. The van der Waals surface area contributed by atoms with Crippen LogP contribution >= 0.6 is 0 Å². The van der Waals surface area contributed by atoms with Gasteiger partial charge in [0.05, 0.1) is 6.04 Å². The molecule has 4 nitrogen and oxygen atoms in total.